The highest BCUT2D eigenvalue weighted by atomic mass is 15.1. The van der Waals surface area contributed by atoms with Gasteiger partial charge in [0.05, 0.1) is 34.3 Å². The highest BCUT2D eigenvalue weighted by molar-refractivity contribution is 6.20. The quantitative estimate of drug-likeness (QED) is 0.109. The van der Waals surface area contributed by atoms with E-state index in [1.165, 1.54) is 60.4 Å². The molecule has 10 aromatic rings. The summed E-state index contributed by atoms with van der Waals surface area (Å²) in [6, 6.07) is 70.0. The van der Waals surface area contributed by atoms with E-state index >= 15 is 0 Å². The van der Waals surface area contributed by atoms with E-state index in [9.17, 15) is 0 Å². The van der Waals surface area contributed by atoms with Crippen molar-refractivity contribution in [3.63, 3.8) is 0 Å². The first kappa shape index (κ1) is 34.7. The van der Waals surface area contributed by atoms with Crippen LogP contribution in [0.2, 0.25) is 0 Å². The van der Waals surface area contributed by atoms with Gasteiger partial charge in [-0.2, -0.15) is 0 Å². The summed E-state index contributed by atoms with van der Waals surface area (Å²) in [4.78, 5) is 10.1. The molecule has 1 aliphatic rings. The van der Waals surface area contributed by atoms with Crippen molar-refractivity contribution in [1.29, 1.82) is 0 Å². The average molecular weight is 757 g/mol. The monoisotopic (exact) mass is 756 g/mol. The topological polar surface area (TPSA) is 34.6 Å². The molecule has 0 spiro atoms. The number of fused-ring (bicyclic) bond motifs is 7. The number of aromatic nitrogens is 2. The van der Waals surface area contributed by atoms with Gasteiger partial charge in [-0.05, 0) is 89.0 Å². The fraction of sp³-hybridized carbons (Fsp3) is 0.0545. The van der Waals surface area contributed by atoms with Crippen LogP contribution in [0.5, 0.6) is 0 Å². The Morgan fingerprint density at radius 3 is 1.97 bits per heavy atom. The third-order valence-electron chi connectivity index (χ3n) is 11.9. The van der Waals surface area contributed by atoms with Gasteiger partial charge >= 0.3 is 0 Å². The van der Waals surface area contributed by atoms with Gasteiger partial charge in [-0.25, -0.2) is 0 Å². The predicted molar refractivity (Wildman–Crippen MR) is 248 cm³/mol. The van der Waals surface area contributed by atoms with Gasteiger partial charge in [0.25, 0.3) is 0 Å². The fourth-order valence-corrected chi connectivity index (χ4v) is 9.21. The Bertz CT molecular complexity index is 3310. The number of rotatable bonds is 8. The van der Waals surface area contributed by atoms with Crippen LogP contribution in [0.4, 0.5) is 0 Å². The molecule has 4 heteroatoms. The summed E-state index contributed by atoms with van der Waals surface area (Å²) in [6.45, 7) is 4.60. The Hall–Kier alpha value is -7.56. The Balaban J connectivity index is 1.03. The molecule has 8 aromatic carbocycles. The molecule has 2 aromatic heterocycles. The van der Waals surface area contributed by atoms with E-state index in [1.54, 1.807) is 0 Å². The molecule has 11 rings (SSSR count). The molecule has 0 radical (unpaired) electrons. The number of allylic oxidation sites excluding steroid dienone is 1. The third-order valence-corrected chi connectivity index (χ3v) is 11.9. The van der Waals surface area contributed by atoms with Gasteiger partial charge in [0.1, 0.15) is 5.84 Å². The lowest BCUT2D eigenvalue weighted by atomic mass is 10.0. The van der Waals surface area contributed by atoms with Crippen LogP contribution < -0.4 is 0 Å². The summed E-state index contributed by atoms with van der Waals surface area (Å²) in [5.41, 5.74) is 16.3. The summed E-state index contributed by atoms with van der Waals surface area (Å²) < 4.78 is 4.79. The second-order valence-corrected chi connectivity index (χ2v) is 15.4. The maximum absolute atomic E-state index is 5.42. The number of aliphatic imine (C=N–C) groups is 2. The van der Waals surface area contributed by atoms with E-state index in [0.29, 0.717) is 6.54 Å². The number of hydrogen-bond donors (Lipinski definition) is 0. The maximum atomic E-state index is 5.42. The highest BCUT2D eigenvalue weighted by Crippen LogP contribution is 2.39. The molecule has 0 amide bonds. The standard InChI is InChI=1S/C55H40N4/c1-56-54-44-22-9-8-19-42(44)35-49(54)55(57-36-37-15-4-2-5-16-37)59-51-26-13-11-24-46(51)48-32-38(28-30-52(48)59)31-39-27-29-47-45-23-10-12-25-50(45)58(53(47)33-39)43-21-14-20-41(34-43)40-17-6-3-7-18-40/h2-30,32-34H,1,31,35-36H2. The molecule has 280 valence electrons. The molecule has 0 bridgehead atoms. The molecular formula is C55H40N4. The molecule has 0 N–H and O–H groups in total. The zero-order chi connectivity index (χ0) is 39.3. The van der Waals surface area contributed by atoms with Crippen LogP contribution in [0.3, 0.4) is 0 Å². The van der Waals surface area contributed by atoms with Crippen LogP contribution in [0.1, 0.15) is 27.8 Å². The maximum Gasteiger partial charge on any atom is 0.138 e. The fourth-order valence-electron chi connectivity index (χ4n) is 9.21. The van der Waals surface area contributed by atoms with E-state index < -0.39 is 0 Å². The summed E-state index contributed by atoms with van der Waals surface area (Å²) in [5, 5.41) is 4.93. The summed E-state index contributed by atoms with van der Waals surface area (Å²) >= 11 is 0. The first-order chi connectivity index (χ1) is 29.2. The molecule has 0 unspecified atom stereocenters. The Morgan fingerprint density at radius 1 is 0.492 bits per heavy atom. The normalized spacial score (nSPS) is 12.9. The van der Waals surface area contributed by atoms with Crippen molar-refractivity contribution >= 4 is 61.9 Å². The largest absolute Gasteiger partial charge is 0.309 e. The molecule has 0 fully saturated rings. The molecule has 0 saturated carbocycles. The van der Waals surface area contributed by atoms with Crippen LogP contribution in [0.25, 0.3) is 66.1 Å². The lowest BCUT2D eigenvalue weighted by Gasteiger charge is -2.15. The summed E-state index contributed by atoms with van der Waals surface area (Å²) in [6.07, 6.45) is 1.55. The number of nitrogens with zero attached hydrogens (tertiary/aromatic N) is 4. The van der Waals surface area contributed by atoms with Gasteiger partial charge in [-0.1, -0.05) is 152 Å². The predicted octanol–water partition coefficient (Wildman–Crippen LogP) is 13.3. The molecular weight excluding hydrogens is 717 g/mol. The van der Waals surface area contributed by atoms with Gasteiger partial charge in [0.15, 0.2) is 0 Å². The van der Waals surface area contributed by atoms with E-state index in [1.807, 2.05) is 0 Å². The van der Waals surface area contributed by atoms with Crippen molar-refractivity contribution in [3.8, 4) is 16.8 Å². The second kappa shape index (κ2) is 14.4. The molecule has 2 heterocycles. The molecule has 0 atom stereocenters. The van der Waals surface area contributed by atoms with Gasteiger partial charge in [-0.15, -0.1) is 0 Å². The average Bonchev–Trinajstić information content (AvgIpc) is 3.95. The smallest absolute Gasteiger partial charge is 0.138 e. The van der Waals surface area contributed by atoms with Gasteiger partial charge in [0, 0.05) is 44.8 Å². The van der Waals surface area contributed by atoms with Crippen molar-refractivity contribution in [2.75, 3.05) is 0 Å². The lowest BCUT2D eigenvalue weighted by Crippen LogP contribution is -2.16. The van der Waals surface area contributed by atoms with Crippen LogP contribution in [-0.4, -0.2) is 21.7 Å². The number of para-hydroxylation sites is 2. The van der Waals surface area contributed by atoms with Gasteiger partial charge in [-0.3, -0.25) is 14.6 Å². The number of benzene rings is 8. The number of hydrogen-bond acceptors (Lipinski definition) is 2. The minimum absolute atomic E-state index is 0.558. The van der Waals surface area contributed by atoms with E-state index in [4.69, 9.17) is 4.99 Å². The SMILES string of the molecule is C=NC1=C(C(=NCc2ccccc2)n2c3ccccc3c3cc(Cc4ccc5c6ccccc6n(-c6cccc(-c7ccccc7)c6)c5c4)ccc32)Cc2ccccc21. The van der Waals surface area contributed by atoms with Gasteiger partial charge in [0.2, 0.25) is 0 Å². The minimum Gasteiger partial charge on any atom is -0.309 e. The van der Waals surface area contributed by atoms with Crippen molar-refractivity contribution in [3.05, 3.63) is 228 Å². The highest BCUT2D eigenvalue weighted by Gasteiger charge is 2.27. The van der Waals surface area contributed by atoms with E-state index in [-0.39, 0.29) is 0 Å². The lowest BCUT2D eigenvalue weighted by molar-refractivity contribution is 1.03. The Kier molecular flexibility index (Phi) is 8.48. The van der Waals surface area contributed by atoms with E-state index in [2.05, 4.69) is 215 Å². The van der Waals surface area contributed by atoms with Crippen molar-refractivity contribution < 1.29 is 0 Å². The molecule has 0 saturated heterocycles. The zero-order valence-electron chi connectivity index (χ0n) is 32.6. The molecule has 4 nitrogen and oxygen atoms in total. The van der Waals surface area contributed by atoms with Crippen LogP contribution in [0.15, 0.2) is 210 Å². The first-order valence-corrected chi connectivity index (χ1v) is 20.3. The van der Waals surface area contributed by atoms with Crippen LogP contribution in [-0.2, 0) is 19.4 Å². The Labute approximate surface area is 343 Å². The first-order valence-electron chi connectivity index (χ1n) is 20.3. The van der Waals surface area contributed by atoms with E-state index in [0.717, 1.165) is 57.8 Å². The van der Waals surface area contributed by atoms with Crippen molar-refractivity contribution in [1.82, 2.24) is 9.13 Å². The van der Waals surface area contributed by atoms with Crippen molar-refractivity contribution in [2.45, 2.75) is 19.4 Å². The summed E-state index contributed by atoms with van der Waals surface area (Å²) in [5.74, 6) is 0.918. The molecule has 59 heavy (non-hydrogen) atoms. The molecule has 1 aliphatic carbocycles. The molecule has 0 aliphatic heterocycles. The zero-order valence-corrected chi connectivity index (χ0v) is 32.6. The summed E-state index contributed by atoms with van der Waals surface area (Å²) in [7, 11) is 0. The van der Waals surface area contributed by atoms with Crippen LogP contribution >= 0.6 is 0 Å². The minimum atomic E-state index is 0.558. The second-order valence-electron chi connectivity index (χ2n) is 15.4. The Morgan fingerprint density at radius 2 is 1.14 bits per heavy atom. The van der Waals surface area contributed by atoms with Crippen molar-refractivity contribution in [2.24, 2.45) is 9.98 Å². The third kappa shape index (κ3) is 6.00. The van der Waals surface area contributed by atoms with Crippen LogP contribution in [0, 0.1) is 0 Å². The van der Waals surface area contributed by atoms with Gasteiger partial charge < -0.3 is 4.57 Å².